The highest BCUT2D eigenvalue weighted by Crippen LogP contribution is 2.22. The van der Waals surface area contributed by atoms with Gasteiger partial charge in [-0.1, -0.05) is 11.6 Å². The summed E-state index contributed by atoms with van der Waals surface area (Å²) in [5.74, 6) is 0.710. The van der Waals surface area contributed by atoms with Crippen molar-refractivity contribution in [2.75, 3.05) is 7.11 Å². The Balaban J connectivity index is 2.36. The third-order valence-electron chi connectivity index (χ3n) is 2.39. The van der Waals surface area contributed by atoms with Crippen molar-refractivity contribution in [1.29, 1.82) is 0 Å². The normalized spacial score (nSPS) is 10.2. The molecule has 88 valence electrons. The van der Waals surface area contributed by atoms with Gasteiger partial charge in [0.2, 0.25) is 0 Å². The minimum Gasteiger partial charge on any atom is -0.497 e. The SMILES string of the molecule is COc1ccc(Cl)c(Cn2cnccc2=O)c1. The number of rotatable bonds is 3. The van der Waals surface area contributed by atoms with Gasteiger partial charge in [0, 0.05) is 17.3 Å². The Labute approximate surface area is 103 Å². The smallest absolute Gasteiger partial charge is 0.253 e. The minimum atomic E-state index is -0.112. The number of hydrogen-bond acceptors (Lipinski definition) is 3. The highest BCUT2D eigenvalue weighted by atomic mass is 35.5. The van der Waals surface area contributed by atoms with Crippen molar-refractivity contribution in [3.63, 3.8) is 0 Å². The van der Waals surface area contributed by atoms with Crippen molar-refractivity contribution in [3.8, 4) is 5.75 Å². The maximum atomic E-state index is 11.5. The van der Waals surface area contributed by atoms with Crippen LogP contribution in [0.5, 0.6) is 5.75 Å². The van der Waals surface area contributed by atoms with Gasteiger partial charge in [-0.15, -0.1) is 0 Å². The first-order valence-electron chi connectivity index (χ1n) is 5.03. The van der Waals surface area contributed by atoms with Gasteiger partial charge in [-0.2, -0.15) is 0 Å². The van der Waals surface area contributed by atoms with Gasteiger partial charge in [0.25, 0.3) is 5.56 Å². The molecule has 1 heterocycles. The van der Waals surface area contributed by atoms with E-state index in [9.17, 15) is 4.79 Å². The molecule has 0 aliphatic carbocycles. The van der Waals surface area contributed by atoms with Crippen LogP contribution in [0.2, 0.25) is 5.02 Å². The second kappa shape index (κ2) is 5.01. The average molecular weight is 251 g/mol. The van der Waals surface area contributed by atoms with Gasteiger partial charge in [0.1, 0.15) is 5.75 Å². The average Bonchev–Trinajstić information content (AvgIpc) is 2.35. The molecule has 2 rings (SSSR count). The fraction of sp³-hybridized carbons (Fsp3) is 0.167. The first-order chi connectivity index (χ1) is 8.20. The zero-order valence-electron chi connectivity index (χ0n) is 9.26. The van der Waals surface area contributed by atoms with Gasteiger partial charge in [-0.3, -0.25) is 9.36 Å². The predicted octanol–water partition coefficient (Wildman–Crippen LogP) is 1.95. The Morgan fingerprint density at radius 2 is 2.24 bits per heavy atom. The van der Waals surface area contributed by atoms with Crippen molar-refractivity contribution < 1.29 is 4.74 Å². The van der Waals surface area contributed by atoms with Crippen molar-refractivity contribution in [2.24, 2.45) is 0 Å². The van der Waals surface area contributed by atoms with Gasteiger partial charge in [0.15, 0.2) is 0 Å². The quantitative estimate of drug-likeness (QED) is 0.836. The molecule has 0 unspecified atom stereocenters. The number of hydrogen-bond donors (Lipinski definition) is 0. The molecule has 0 saturated heterocycles. The molecule has 0 aliphatic heterocycles. The van der Waals surface area contributed by atoms with Crippen molar-refractivity contribution in [2.45, 2.75) is 6.54 Å². The molecule has 5 heteroatoms. The van der Waals surface area contributed by atoms with Gasteiger partial charge >= 0.3 is 0 Å². The summed E-state index contributed by atoms with van der Waals surface area (Å²) >= 11 is 6.06. The molecule has 0 fully saturated rings. The molecule has 0 saturated carbocycles. The summed E-state index contributed by atoms with van der Waals surface area (Å²) in [6.45, 7) is 0.378. The summed E-state index contributed by atoms with van der Waals surface area (Å²) in [5.41, 5.74) is 0.708. The molecule has 17 heavy (non-hydrogen) atoms. The number of nitrogens with zero attached hydrogens (tertiary/aromatic N) is 2. The van der Waals surface area contributed by atoms with Crippen molar-refractivity contribution >= 4 is 11.6 Å². The fourth-order valence-corrected chi connectivity index (χ4v) is 1.66. The summed E-state index contributed by atoms with van der Waals surface area (Å²) < 4.78 is 6.60. The van der Waals surface area contributed by atoms with Gasteiger partial charge in [-0.25, -0.2) is 4.98 Å². The van der Waals surface area contributed by atoms with Crippen LogP contribution in [0.1, 0.15) is 5.56 Å². The van der Waals surface area contributed by atoms with E-state index in [1.54, 1.807) is 19.2 Å². The van der Waals surface area contributed by atoms with Gasteiger partial charge in [-0.05, 0) is 23.8 Å². The van der Waals surface area contributed by atoms with Crippen molar-refractivity contribution in [3.05, 3.63) is 57.7 Å². The second-order valence-corrected chi connectivity index (χ2v) is 3.91. The number of benzene rings is 1. The lowest BCUT2D eigenvalue weighted by atomic mass is 10.2. The molecule has 0 spiro atoms. The maximum Gasteiger partial charge on any atom is 0.253 e. The van der Waals surface area contributed by atoms with E-state index >= 15 is 0 Å². The number of halogens is 1. The summed E-state index contributed by atoms with van der Waals surface area (Å²) in [6, 6.07) is 6.74. The van der Waals surface area contributed by atoms with E-state index in [1.165, 1.54) is 23.2 Å². The lowest BCUT2D eigenvalue weighted by Gasteiger charge is -2.08. The van der Waals surface area contributed by atoms with E-state index in [0.29, 0.717) is 17.3 Å². The molecule has 0 radical (unpaired) electrons. The molecule has 0 atom stereocenters. The highest BCUT2D eigenvalue weighted by molar-refractivity contribution is 6.31. The van der Waals surface area contributed by atoms with Crippen LogP contribution in [-0.4, -0.2) is 16.7 Å². The first kappa shape index (κ1) is 11.7. The van der Waals surface area contributed by atoms with Gasteiger partial charge in [0.05, 0.1) is 20.0 Å². The Morgan fingerprint density at radius 1 is 1.41 bits per heavy atom. The van der Waals surface area contributed by atoms with Crippen LogP contribution in [0, 0.1) is 0 Å². The molecule has 2 aromatic rings. The molecule has 1 aromatic heterocycles. The molecular formula is C12H11ClN2O2. The monoisotopic (exact) mass is 250 g/mol. The summed E-state index contributed by atoms with van der Waals surface area (Å²) in [6.07, 6.45) is 2.95. The van der Waals surface area contributed by atoms with Crippen LogP contribution >= 0.6 is 11.6 Å². The van der Waals surface area contributed by atoms with Crippen LogP contribution in [0.4, 0.5) is 0 Å². The third-order valence-corrected chi connectivity index (χ3v) is 2.75. The summed E-state index contributed by atoms with van der Waals surface area (Å²) in [5, 5.41) is 0.599. The minimum absolute atomic E-state index is 0.112. The van der Waals surface area contributed by atoms with E-state index in [-0.39, 0.29) is 5.56 Å². The lowest BCUT2D eigenvalue weighted by Crippen LogP contribution is -2.19. The fourth-order valence-electron chi connectivity index (χ4n) is 1.48. The molecule has 4 nitrogen and oxygen atoms in total. The van der Waals surface area contributed by atoms with E-state index < -0.39 is 0 Å². The lowest BCUT2D eigenvalue weighted by molar-refractivity contribution is 0.414. The number of aromatic nitrogens is 2. The second-order valence-electron chi connectivity index (χ2n) is 3.50. The molecule has 0 aliphatic rings. The Hall–Kier alpha value is -1.81. The van der Waals surface area contributed by atoms with E-state index in [1.807, 2.05) is 6.07 Å². The predicted molar refractivity (Wildman–Crippen MR) is 65.6 cm³/mol. The van der Waals surface area contributed by atoms with E-state index in [2.05, 4.69) is 4.98 Å². The molecular weight excluding hydrogens is 240 g/mol. The number of ether oxygens (including phenoxy) is 1. The number of methoxy groups -OCH3 is 1. The zero-order chi connectivity index (χ0) is 12.3. The van der Waals surface area contributed by atoms with Crippen LogP contribution in [0.25, 0.3) is 0 Å². The van der Waals surface area contributed by atoms with Crippen LogP contribution in [0.15, 0.2) is 41.6 Å². The molecule has 0 N–H and O–H groups in total. The van der Waals surface area contributed by atoms with Crippen LogP contribution in [0.3, 0.4) is 0 Å². The van der Waals surface area contributed by atoms with E-state index in [4.69, 9.17) is 16.3 Å². The molecule has 0 bridgehead atoms. The van der Waals surface area contributed by atoms with Crippen molar-refractivity contribution in [1.82, 2.24) is 9.55 Å². The summed E-state index contributed by atoms with van der Waals surface area (Å²) in [4.78, 5) is 15.4. The van der Waals surface area contributed by atoms with E-state index in [0.717, 1.165) is 5.56 Å². The standard InChI is InChI=1S/C12H11ClN2O2/c1-17-10-2-3-11(13)9(6-10)7-15-8-14-5-4-12(15)16/h2-6,8H,7H2,1H3. The zero-order valence-corrected chi connectivity index (χ0v) is 10.0. The Kier molecular flexibility index (Phi) is 3.44. The third kappa shape index (κ3) is 2.65. The van der Waals surface area contributed by atoms with Crippen LogP contribution in [-0.2, 0) is 6.54 Å². The summed E-state index contributed by atoms with van der Waals surface area (Å²) in [7, 11) is 1.59. The van der Waals surface area contributed by atoms with Crippen LogP contribution < -0.4 is 10.3 Å². The highest BCUT2D eigenvalue weighted by Gasteiger charge is 2.04. The topological polar surface area (TPSA) is 44.1 Å². The maximum absolute atomic E-state index is 11.5. The Bertz CT molecular complexity index is 581. The van der Waals surface area contributed by atoms with Gasteiger partial charge < -0.3 is 4.74 Å². The molecule has 1 aromatic carbocycles. The first-order valence-corrected chi connectivity index (χ1v) is 5.41. The Morgan fingerprint density at radius 3 is 2.94 bits per heavy atom. The molecule has 0 amide bonds. The largest absolute Gasteiger partial charge is 0.497 e.